The average molecular weight is 367 g/mol. The van der Waals surface area contributed by atoms with Crippen LogP contribution in [0.5, 0.6) is 0 Å². The number of alkyl halides is 3. The highest BCUT2D eigenvalue weighted by Crippen LogP contribution is 2.31. The third-order valence-corrected chi connectivity index (χ3v) is 4.60. The first kappa shape index (κ1) is 18.4. The van der Waals surface area contributed by atoms with Crippen LogP contribution in [0.3, 0.4) is 0 Å². The van der Waals surface area contributed by atoms with Gasteiger partial charge in [0.2, 0.25) is 0 Å². The highest BCUT2D eigenvalue weighted by atomic mass is 32.2. The molecule has 0 radical (unpaired) electrons. The van der Waals surface area contributed by atoms with Crippen molar-refractivity contribution in [2.75, 3.05) is 13.1 Å². The summed E-state index contributed by atoms with van der Waals surface area (Å²) in [4.78, 5) is 19.5. The van der Waals surface area contributed by atoms with Gasteiger partial charge >= 0.3 is 11.6 Å². The van der Waals surface area contributed by atoms with E-state index in [9.17, 15) is 26.4 Å². The van der Waals surface area contributed by atoms with Crippen LogP contribution in [0.15, 0.2) is 17.3 Å². The Morgan fingerprint density at radius 2 is 1.71 bits per heavy atom. The molecule has 1 aromatic heterocycles. The molecule has 1 aliphatic heterocycles. The van der Waals surface area contributed by atoms with Gasteiger partial charge in [0, 0.05) is 25.5 Å². The van der Waals surface area contributed by atoms with Crippen LogP contribution >= 0.6 is 0 Å². The number of carbonyl (C=O) groups is 1. The van der Waals surface area contributed by atoms with Gasteiger partial charge in [0.1, 0.15) is 16.3 Å². The fraction of sp³-hybridized carbons (Fsp3) is 0.615. The molecule has 2 heterocycles. The average Bonchev–Trinajstić information content (AvgIpc) is 2.34. The molecule has 134 valence electrons. The van der Waals surface area contributed by atoms with Crippen molar-refractivity contribution in [3.8, 4) is 0 Å². The van der Waals surface area contributed by atoms with Gasteiger partial charge in [0.05, 0.1) is 5.92 Å². The molecule has 7 nitrogen and oxygen atoms in total. The van der Waals surface area contributed by atoms with Crippen LogP contribution in [0.25, 0.3) is 0 Å². The molecule has 11 heteroatoms. The Morgan fingerprint density at radius 1 is 1.21 bits per heavy atom. The first-order valence-corrected chi connectivity index (χ1v) is 8.41. The van der Waals surface area contributed by atoms with Crippen molar-refractivity contribution in [3.05, 3.63) is 18.2 Å². The number of hydrogen-bond acceptors (Lipinski definition) is 6. The lowest BCUT2D eigenvalue weighted by Gasteiger charge is -2.38. The van der Waals surface area contributed by atoms with Crippen LogP contribution in [0.4, 0.5) is 18.0 Å². The predicted octanol–water partition coefficient (Wildman–Crippen LogP) is 2.10. The standard InChI is InChI=1S/C13H16F3N3O4S/c1-12(2,3)23-11(20)19-6-8(7-19)10-17-4-9(5-18-10)24(21,22)13(14,15)16/h4-5,8H,6-7H2,1-3H3. The summed E-state index contributed by atoms with van der Waals surface area (Å²) in [5, 5.41) is 0. The van der Waals surface area contributed by atoms with Gasteiger partial charge in [0.25, 0.3) is 9.84 Å². The van der Waals surface area contributed by atoms with E-state index in [1.165, 1.54) is 4.90 Å². The van der Waals surface area contributed by atoms with Crippen LogP contribution in [-0.4, -0.2) is 53.6 Å². The zero-order chi connectivity index (χ0) is 18.3. The smallest absolute Gasteiger partial charge is 0.444 e. The van der Waals surface area contributed by atoms with Crippen molar-refractivity contribution in [1.29, 1.82) is 0 Å². The summed E-state index contributed by atoms with van der Waals surface area (Å²) in [6, 6.07) is 0. The van der Waals surface area contributed by atoms with Crippen molar-refractivity contribution in [3.63, 3.8) is 0 Å². The monoisotopic (exact) mass is 367 g/mol. The molecule has 0 aliphatic carbocycles. The second-order valence-corrected chi connectivity index (χ2v) is 8.25. The summed E-state index contributed by atoms with van der Waals surface area (Å²) in [6.45, 7) is 5.68. The molecule has 1 aromatic rings. The summed E-state index contributed by atoms with van der Waals surface area (Å²) >= 11 is 0. The molecule has 0 bridgehead atoms. The number of carbonyl (C=O) groups excluding carboxylic acids is 1. The number of ether oxygens (including phenoxy) is 1. The molecule has 24 heavy (non-hydrogen) atoms. The van der Waals surface area contributed by atoms with E-state index >= 15 is 0 Å². The molecule has 0 unspecified atom stereocenters. The summed E-state index contributed by atoms with van der Waals surface area (Å²) in [6.07, 6.45) is 0.748. The Labute approximate surface area is 136 Å². The van der Waals surface area contributed by atoms with Gasteiger partial charge in [-0.1, -0.05) is 0 Å². The zero-order valence-corrected chi connectivity index (χ0v) is 14.0. The number of rotatable bonds is 2. The van der Waals surface area contributed by atoms with Gasteiger partial charge in [-0.3, -0.25) is 0 Å². The number of amides is 1. The van der Waals surface area contributed by atoms with Gasteiger partial charge in [-0.2, -0.15) is 13.2 Å². The van der Waals surface area contributed by atoms with Crippen molar-refractivity contribution in [2.45, 2.75) is 42.7 Å². The molecular weight excluding hydrogens is 351 g/mol. The number of nitrogens with zero attached hydrogens (tertiary/aromatic N) is 3. The highest BCUT2D eigenvalue weighted by molar-refractivity contribution is 7.92. The molecule has 1 amide bonds. The number of likely N-dealkylation sites (tertiary alicyclic amines) is 1. The Bertz CT molecular complexity index is 720. The molecule has 1 saturated heterocycles. The fourth-order valence-corrected chi connectivity index (χ4v) is 2.58. The minimum absolute atomic E-state index is 0.177. The van der Waals surface area contributed by atoms with Gasteiger partial charge in [-0.15, -0.1) is 0 Å². The lowest BCUT2D eigenvalue weighted by Crippen LogP contribution is -2.50. The molecule has 0 saturated carbocycles. The molecule has 0 N–H and O–H groups in total. The Hall–Kier alpha value is -1.91. The van der Waals surface area contributed by atoms with Crippen LogP contribution < -0.4 is 0 Å². The largest absolute Gasteiger partial charge is 0.502 e. The minimum atomic E-state index is -5.46. The molecule has 1 aliphatic rings. The molecule has 0 aromatic carbocycles. The number of hydrogen-bond donors (Lipinski definition) is 0. The lowest BCUT2D eigenvalue weighted by molar-refractivity contribution is -0.0436. The van der Waals surface area contributed by atoms with Crippen LogP contribution in [-0.2, 0) is 14.6 Å². The SMILES string of the molecule is CC(C)(C)OC(=O)N1CC(c2ncc(S(=O)(=O)C(F)(F)F)cn2)C1. The van der Waals surface area contributed by atoms with E-state index in [-0.39, 0.29) is 24.8 Å². The van der Waals surface area contributed by atoms with E-state index < -0.39 is 31.9 Å². The van der Waals surface area contributed by atoms with E-state index in [1.807, 2.05) is 0 Å². The molecule has 1 fully saturated rings. The molecule has 2 rings (SSSR count). The van der Waals surface area contributed by atoms with Gasteiger partial charge in [-0.05, 0) is 20.8 Å². The first-order valence-electron chi connectivity index (χ1n) is 6.92. The maximum atomic E-state index is 12.4. The van der Waals surface area contributed by atoms with Gasteiger partial charge < -0.3 is 9.64 Å². The van der Waals surface area contributed by atoms with Gasteiger partial charge in [0.15, 0.2) is 0 Å². The number of sulfone groups is 1. The van der Waals surface area contributed by atoms with Crippen molar-refractivity contribution in [2.24, 2.45) is 0 Å². The summed E-state index contributed by atoms with van der Waals surface area (Å²) in [7, 11) is -5.46. The molecule has 0 atom stereocenters. The summed E-state index contributed by atoms with van der Waals surface area (Å²) < 4.78 is 64.9. The molecule has 0 spiro atoms. The van der Waals surface area contributed by atoms with Crippen LogP contribution in [0.1, 0.15) is 32.5 Å². The Balaban J connectivity index is 2.01. The quantitative estimate of drug-likeness (QED) is 0.795. The fourth-order valence-electron chi connectivity index (χ4n) is 1.93. The van der Waals surface area contributed by atoms with E-state index in [2.05, 4.69) is 9.97 Å². The van der Waals surface area contributed by atoms with Crippen molar-refractivity contribution < 1.29 is 31.1 Å². The van der Waals surface area contributed by atoms with E-state index in [0.29, 0.717) is 12.4 Å². The normalized spacial score (nSPS) is 16.7. The maximum absolute atomic E-state index is 12.4. The summed E-state index contributed by atoms with van der Waals surface area (Å²) in [5.41, 5.74) is -6.03. The third-order valence-electron chi connectivity index (χ3n) is 3.16. The van der Waals surface area contributed by atoms with Crippen LogP contribution in [0, 0.1) is 0 Å². The first-order chi connectivity index (χ1) is 10.8. The zero-order valence-electron chi connectivity index (χ0n) is 13.2. The summed E-state index contributed by atoms with van der Waals surface area (Å²) in [5.74, 6) is -0.101. The highest BCUT2D eigenvalue weighted by Gasteiger charge is 2.47. The molecular formula is C13H16F3N3O4S. The second-order valence-electron chi connectivity index (χ2n) is 6.31. The van der Waals surface area contributed by atoms with E-state index in [0.717, 1.165) is 0 Å². The third kappa shape index (κ3) is 3.77. The Morgan fingerprint density at radius 3 is 2.12 bits per heavy atom. The van der Waals surface area contributed by atoms with E-state index in [4.69, 9.17) is 4.74 Å². The second kappa shape index (κ2) is 5.87. The lowest BCUT2D eigenvalue weighted by atomic mass is 10.00. The minimum Gasteiger partial charge on any atom is -0.444 e. The predicted molar refractivity (Wildman–Crippen MR) is 75.8 cm³/mol. The maximum Gasteiger partial charge on any atom is 0.502 e. The van der Waals surface area contributed by atoms with Crippen molar-refractivity contribution >= 4 is 15.9 Å². The Kier molecular flexibility index (Phi) is 4.51. The van der Waals surface area contributed by atoms with E-state index in [1.54, 1.807) is 20.8 Å². The number of halogens is 3. The van der Waals surface area contributed by atoms with Crippen LogP contribution in [0.2, 0.25) is 0 Å². The van der Waals surface area contributed by atoms with Crippen molar-refractivity contribution in [1.82, 2.24) is 14.9 Å². The number of aromatic nitrogens is 2. The van der Waals surface area contributed by atoms with Gasteiger partial charge in [-0.25, -0.2) is 23.2 Å². The topological polar surface area (TPSA) is 89.5 Å².